The van der Waals surface area contributed by atoms with Crippen molar-refractivity contribution in [3.63, 3.8) is 0 Å². The van der Waals surface area contributed by atoms with Crippen LogP contribution in [0, 0.1) is 0 Å². The summed E-state index contributed by atoms with van der Waals surface area (Å²) >= 11 is 0. The molecule has 6 heteroatoms. The lowest BCUT2D eigenvalue weighted by Gasteiger charge is -2.34. The number of nitrogens with zero attached hydrogens (tertiary/aromatic N) is 1. The summed E-state index contributed by atoms with van der Waals surface area (Å²) in [6.07, 6.45) is 3.14. The molecular weight excluding hydrogens is 248 g/mol. The largest absolute Gasteiger partial charge is 0.480 e. The van der Waals surface area contributed by atoms with Gasteiger partial charge in [0, 0.05) is 19.6 Å². The van der Waals surface area contributed by atoms with Crippen LogP contribution in [0.25, 0.3) is 0 Å². The van der Waals surface area contributed by atoms with Gasteiger partial charge in [0.05, 0.1) is 12.1 Å². The Labute approximate surface area is 113 Å². The van der Waals surface area contributed by atoms with Gasteiger partial charge >= 0.3 is 5.97 Å². The number of rotatable bonds is 7. The summed E-state index contributed by atoms with van der Waals surface area (Å²) in [7, 11) is 0. The highest BCUT2D eigenvalue weighted by molar-refractivity contribution is 5.81. The normalized spacial score (nSPS) is 18.8. The molecule has 0 bridgehead atoms. The van der Waals surface area contributed by atoms with Crippen molar-refractivity contribution in [2.24, 2.45) is 0 Å². The predicted molar refractivity (Wildman–Crippen MR) is 70.9 cm³/mol. The van der Waals surface area contributed by atoms with E-state index in [-0.39, 0.29) is 24.7 Å². The molecule has 0 saturated carbocycles. The zero-order chi connectivity index (χ0) is 14.3. The molecule has 1 fully saturated rings. The minimum atomic E-state index is -0.945. The number of ether oxygens (including phenoxy) is 1. The number of carboxylic acids is 1. The predicted octanol–water partition coefficient (Wildman–Crippen LogP) is 0.243. The first-order valence-corrected chi connectivity index (χ1v) is 6.50. The number of hydrogen-bond acceptors (Lipinski definition) is 4. The molecule has 0 aliphatic carbocycles. The standard InChI is InChI=1S/C13H22N2O4/c1-3-6-14-13(18)10(2)15-7-4-11(5-8-15)19-9-12(16)17/h3,10-11H,1,4-9H2,2H3,(H,14,18)(H,16,17). The van der Waals surface area contributed by atoms with Gasteiger partial charge in [-0.1, -0.05) is 6.08 Å². The maximum absolute atomic E-state index is 11.8. The molecule has 1 amide bonds. The van der Waals surface area contributed by atoms with Crippen molar-refractivity contribution < 1.29 is 19.4 Å². The average Bonchev–Trinajstić information content (AvgIpc) is 2.42. The van der Waals surface area contributed by atoms with Crippen LogP contribution in [0.1, 0.15) is 19.8 Å². The first kappa shape index (κ1) is 15.7. The molecule has 1 aliphatic rings. The smallest absolute Gasteiger partial charge is 0.329 e. The molecule has 0 radical (unpaired) electrons. The van der Waals surface area contributed by atoms with E-state index < -0.39 is 5.97 Å². The molecule has 1 saturated heterocycles. The van der Waals surface area contributed by atoms with E-state index in [0.717, 1.165) is 25.9 Å². The van der Waals surface area contributed by atoms with Crippen LogP contribution in [0.5, 0.6) is 0 Å². The zero-order valence-electron chi connectivity index (χ0n) is 11.3. The lowest BCUT2D eigenvalue weighted by atomic mass is 10.1. The molecule has 0 spiro atoms. The van der Waals surface area contributed by atoms with Crippen LogP contribution in [0.3, 0.4) is 0 Å². The van der Waals surface area contributed by atoms with Gasteiger partial charge in [-0.25, -0.2) is 4.79 Å². The van der Waals surface area contributed by atoms with Crippen LogP contribution >= 0.6 is 0 Å². The van der Waals surface area contributed by atoms with E-state index in [4.69, 9.17) is 9.84 Å². The van der Waals surface area contributed by atoms with Gasteiger partial charge in [0.25, 0.3) is 0 Å². The molecule has 0 aromatic heterocycles. The number of carboxylic acid groups (broad SMARTS) is 1. The van der Waals surface area contributed by atoms with E-state index >= 15 is 0 Å². The van der Waals surface area contributed by atoms with Gasteiger partial charge < -0.3 is 15.2 Å². The van der Waals surface area contributed by atoms with Crippen molar-refractivity contribution >= 4 is 11.9 Å². The third kappa shape index (κ3) is 5.40. The summed E-state index contributed by atoms with van der Waals surface area (Å²) in [6, 6.07) is -0.180. The number of amides is 1. The van der Waals surface area contributed by atoms with Gasteiger partial charge in [0.2, 0.25) is 5.91 Å². The number of aliphatic carboxylic acids is 1. The molecule has 2 N–H and O–H groups in total. The van der Waals surface area contributed by atoms with Crippen molar-refractivity contribution in [3.05, 3.63) is 12.7 Å². The van der Waals surface area contributed by atoms with Gasteiger partial charge in [-0.3, -0.25) is 9.69 Å². The number of likely N-dealkylation sites (tertiary alicyclic amines) is 1. The summed E-state index contributed by atoms with van der Waals surface area (Å²) < 4.78 is 5.26. The van der Waals surface area contributed by atoms with Crippen LogP contribution in [-0.2, 0) is 14.3 Å². The third-order valence-corrected chi connectivity index (χ3v) is 3.27. The number of hydrogen-bond donors (Lipinski definition) is 2. The first-order chi connectivity index (χ1) is 9.04. The van der Waals surface area contributed by atoms with E-state index in [1.807, 2.05) is 6.92 Å². The average molecular weight is 270 g/mol. The summed E-state index contributed by atoms with van der Waals surface area (Å²) in [4.78, 5) is 24.3. The van der Waals surface area contributed by atoms with Gasteiger partial charge in [0.1, 0.15) is 6.61 Å². The lowest BCUT2D eigenvalue weighted by molar-refractivity contribution is -0.145. The molecule has 108 valence electrons. The van der Waals surface area contributed by atoms with Crippen molar-refractivity contribution in [3.8, 4) is 0 Å². The minimum absolute atomic E-state index is 0.00944. The monoisotopic (exact) mass is 270 g/mol. The Kier molecular flexibility index (Phi) is 6.52. The number of piperidine rings is 1. The maximum atomic E-state index is 11.8. The fourth-order valence-electron chi connectivity index (χ4n) is 2.11. The lowest BCUT2D eigenvalue weighted by Crippen LogP contribution is -2.49. The molecule has 1 rings (SSSR count). The Morgan fingerprint density at radius 2 is 2.16 bits per heavy atom. The quantitative estimate of drug-likeness (QED) is 0.648. The van der Waals surface area contributed by atoms with Crippen LogP contribution in [0.2, 0.25) is 0 Å². The fourth-order valence-corrected chi connectivity index (χ4v) is 2.11. The highest BCUT2D eigenvalue weighted by Gasteiger charge is 2.26. The highest BCUT2D eigenvalue weighted by Crippen LogP contribution is 2.16. The maximum Gasteiger partial charge on any atom is 0.329 e. The van der Waals surface area contributed by atoms with Crippen molar-refractivity contribution in [1.82, 2.24) is 10.2 Å². The van der Waals surface area contributed by atoms with E-state index in [0.29, 0.717) is 6.54 Å². The molecular formula is C13H22N2O4. The fraction of sp³-hybridized carbons (Fsp3) is 0.692. The number of carbonyl (C=O) groups excluding carboxylic acids is 1. The second-order valence-electron chi connectivity index (χ2n) is 4.65. The molecule has 6 nitrogen and oxygen atoms in total. The van der Waals surface area contributed by atoms with Crippen LogP contribution in [-0.4, -0.2) is 60.3 Å². The second kappa shape index (κ2) is 7.91. The third-order valence-electron chi connectivity index (χ3n) is 3.27. The Balaban J connectivity index is 2.30. The Hall–Kier alpha value is -1.40. The summed E-state index contributed by atoms with van der Waals surface area (Å²) in [5, 5.41) is 11.3. The Bertz CT molecular complexity index is 325. The van der Waals surface area contributed by atoms with Crippen molar-refractivity contribution in [2.45, 2.75) is 31.9 Å². The second-order valence-corrected chi connectivity index (χ2v) is 4.65. The van der Waals surface area contributed by atoms with Gasteiger partial charge in [-0.05, 0) is 19.8 Å². The summed E-state index contributed by atoms with van der Waals surface area (Å²) in [5.41, 5.74) is 0. The Morgan fingerprint density at radius 1 is 1.53 bits per heavy atom. The van der Waals surface area contributed by atoms with E-state index in [2.05, 4.69) is 16.8 Å². The molecule has 0 aromatic rings. The Morgan fingerprint density at radius 3 is 2.68 bits per heavy atom. The summed E-state index contributed by atoms with van der Waals surface area (Å²) in [6.45, 7) is 7.14. The highest BCUT2D eigenvalue weighted by atomic mass is 16.5. The molecule has 19 heavy (non-hydrogen) atoms. The molecule has 0 aromatic carbocycles. The summed E-state index contributed by atoms with van der Waals surface area (Å²) in [5.74, 6) is -0.954. The van der Waals surface area contributed by atoms with Gasteiger partial charge in [0.15, 0.2) is 0 Å². The molecule has 1 atom stereocenters. The van der Waals surface area contributed by atoms with Gasteiger partial charge in [-0.2, -0.15) is 0 Å². The topological polar surface area (TPSA) is 78.9 Å². The SMILES string of the molecule is C=CCNC(=O)C(C)N1CCC(OCC(=O)O)CC1. The van der Waals surface area contributed by atoms with E-state index in [1.165, 1.54) is 0 Å². The van der Waals surface area contributed by atoms with Crippen LogP contribution < -0.4 is 5.32 Å². The van der Waals surface area contributed by atoms with Crippen LogP contribution in [0.15, 0.2) is 12.7 Å². The number of carbonyl (C=O) groups is 2. The molecule has 1 unspecified atom stereocenters. The van der Waals surface area contributed by atoms with Crippen molar-refractivity contribution in [2.75, 3.05) is 26.2 Å². The van der Waals surface area contributed by atoms with Crippen LogP contribution in [0.4, 0.5) is 0 Å². The van der Waals surface area contributed by atoms with E-state index in [1.54, 1.807) is 6.08 Å². The molecule has 1 heterocycles. The van der Waals surface area contributed by atoms with Crippen molar-refractivity contribution in [1.29, 1.82) is 0 Å². The molecule has 1 aliphatic heterocycles. The zero-order valence-corrected chi connectivity index (χ0v) is 11.3. The first-order valence-electron chi connectivity index (χ1n) is 6.50. The van der Waals surface area contributed by atoms with E-state index in [9.17, 15) is 9.59 Å². The number of nitrogens with one attached hydrogen (secondary N) is 1. The minimum Gasteiger partial charge on any atom is -0.480 e. The van der Waals surface area contributed by atoms with Gasteiger partial charge in [-0.15, -0.1) is 6.58 Å².